The van der Waals surface area contributed by atoms with Crippen molar-refractivity contribution < 1.29 is 9.84 Å². The van der Waals surface area contributed by atoms with Crippen LogP contribution in [0.1, 0.15) is 6.92 Å². The Morgan fingerprint density at radius 3 is 2.37 bits per heavy atom. The average Bonchev–Trinajstić information content (AvgIpc) is 2.43. The molecule has 0 saturated heterocycles. The van der Waals surface area contributed by atoms with Gasteiger partial charge in [-0.05, 0) is 43.4 Å². The Hall–Kier alpha value is -2.07. The number of hydrogen-bond donors (Lipinski definition) is 1. The normalized spacial score (nSPS) is 9.95. The number of thiocarbonyl (C=S) groups is 1. The second kappa shape index (κ2) is 6.20. The summed E-state index contributed by atoms with van der Waals surface area (Å²) >= 11 is 5.29. The minimum atomic E-state index is 0.161. The summed E-state index contributed by atoms with van der Waals surface area (Å²) in [5.41, 5.74) is 1.45. The number of phenols is 1. The molecule has 0 saturated carbocycles. The molecule has 0 aliphatic heterocycles. The molecule has 2 aromatic rings. The summed E-state index contributed by atoms with van der Waals surface area (Å²) in [5, 5.41) is 10.3. The molecule has 1 N–H and O–H groups in total. The number of rotatable bonds is 3. The highest BCUT2D eigenvalue weighted by atomic mass is 32.1. The third-order valence-electron chi connectivity index (χ3n) is 2.59. The molecule has 0 radical (unpaired) electrons. The van der Waals surface area contributed by atoms with E-state index >= 15 is 0 Å². The lowest BCUT2D eigenvalue weighted by Crippen LogP contribution is -2.26. The van der Waals surface area contributed by atoms with E-state index in [0.717, 1.165) is 5.69 Å². The van der Waals surface area contributed by atoms with Gasteiger partial charge in [-0.15, -0.1) is 0 Å². The van der Waals surface area contributed by atoms with Crippen LogP contribution in [-0.2, 0) is 4.74 Å². The Bertz CT molecular complexity index is 557. The van der Waals surface area contributed by atoms with E-state index in [1.165, 1.54) is 0 Å². The summed E-state index contributed by atoms with van der Waals surface area (Å²) in [6.07, 6.45) is 0. The number of phenolic OH excluding ortho intramolecular Hbond substituents is 1. The number of nitrogens with zero attached hydrogens (tertiary/aromatic N) is 1. The van der Waals surface area contributed by atoms with Crippen LogP contribution in [0.2, 0.25) is 0 Å². The monoisotopic (exact) mass is 273 g/mol. The third kappa shape index (κ3) is 3.03. The minimum Gasteiger partial charge on any atom is -0.506 e. The number of aromatic hydroxyl groups is 1. The lowest BCUT2D eigenvalue weighted by atomic mass is 10.2. The predicted octanol–water partition coefficient (Wildman–Crippen LogP) is 3.85. The van der Waals surface area contributed by atoms with Gasteiger partial charge in [0.1, 0.15) is 5.75 Å². The zero-order valence-corrected chi connectivity index (χ0v) is 11.4. The maximum absolute atomic E-state index is 10.0. The second-order valence-electron chi connectivity index (χ2n) is 3.86. The van der Waals surface area contributed by atoms with Gasteiger partial charge in [0, 0.05) is 0 Å². The molecule has 0 aliphatic carbocycles. The highest BCUT2D eigenvalue weighted by Crippen LogP contribution is 2.33. The Labute approximate surface area is 118 Å². The number of para-hydroxylation sites is 3. The first-order valence-electron chi connectivity index (χ1n) is 6.04. The number of hydrogen-bond acceptors (Lipinski definition) is 3. The van der Waals surface area contributed by atoms with E-state index in [1.54, 1.807) is 23.1 Å². The quantitative estimate of drug-likeness (QED) is 0.861. The Kier molecular flexibility index (Phi) is 4.36. The topological polar surface area (TPSA) is 32.7 Å². The van der Waals surface area contributed by atoms with Gasteiger partial charge in [0.15, 0.2) is 0 Å². The Morgan fingerprint density at radius 2 is 1.74 bits per heavy atom. The fraction of sp³-hybridized carbons (Fsp3) is 0.133. The van der Waals surface area contributed by atoms with Crippen molar-refractivity contribution in [1.82, 2.24) is 0 Å². The molecule has 0 fully saturated rings. The van der Waals surface area contributed by atoms with Crippen molar-refractivity contribution in [1.29, 1.82) is 0 Å². The fourth-order valence-electron chi connectivity index (χ4n) is 1.76. The van der Waals surface area contributed by atoms with Crippen LogP contribution in [0.4, 0.5) is 11.4 Å². The van der Waals surface area contributed by atoms with Crippen molar-refractivity contribution in [2.24, 2.45) is 0 Å². The summed E-state index contributed by atoms with van der Waals surface area (Å²) in [4.78, 5) is 1.72. The van der Waals surface area contributed by atoms with Crippen LogP contribution in [0.3, 0.4) is 0 Å². The van der Waals surface area contributed by atoms with E-state index in [4.69, 9.17) is 17.0 Å². The van der Waals surface area contributed by atoms with E-state index in [9.17, 15) is 5.11 Å². The first-order valence-corrected chi connectivity index (χ1v) is 6.44. The largest absolute Gasteiger partial charge is 0.506 e. The summed E-state index contributed by atoms with van der Waals surface area (Å²) in [6, 6.07) is 16.6. The molecular weight excluding hydrogens is 258 g/mol. The third-order valence-corrected chi connectivity index (χ3v) is 2.89. The van der Waals surface area contributed by atoms with Crippen LogP contribution in [-0.4, -0.2) is 16.9 Å². The van der Waals surface area contributed by atoms with Crippen molar-refractivity contribution in [3.8, 4) is 5.75 Å². The molecule has 98 valence electrons. The van der Waals surface area contributed by atoms with Crippen LogP contribution in [0.5, 0.6) is 5.75 Å². The first kappa shape index (κ1) is 13.4. The van der Waals surface area contributed by atoms with Crippen molar-refractivity contribution in [3.63, 3.8) is 0 Å². The van der Waals surface area contributed by atoms with Crippen LogP contribution in [0.25, 0.3) is 0 Å². The maximum atomic E-state index is 10.0. The van der Waals surface area contributed by atoms with Crippen molar-refractivity contribution in [2.75, 3.05) is 11.5 Å². The molecule has 3 nitrogen and oxygen atoms in total. The second-order valence-corrected chi connectivity index (χ2v) is 4.21. The average molecular weight is 273 g/mol. The highest BCUT2D eigenvalue weighted by Gasteiger charge is 2.18. The van der Waals surface area contributed by atoms with Gasteiger partial charge in [0.2, 0.25) is 0 Å². The molecule has 0 aromatic heterocycles. The summed E-state index contributed by atoms with van der Waals surface area (Å²) in [6.45, 7) is 2.36. The number of ether oxygens (including phenoxy) is 1. The molecule has 19 heavy (non-hydrogen) atoms. The van der Waals surface area contributed by atoms with Gasteiger partial charge in [0.05, 0.1) is 18.0 Å². The van der Waals surface area contributed by atoms with Gasteiger partial charge in [0.25, 0.3) is 5.17 Å². The van der Waals surface area contributed by atoms with Crippen molar-refractivity contribution in [2.45, 2.75) is 6.92 Å². The Morgan fingerprint density at radius 1 is 1.11 bits per heavy atom. The van der Waals surface area contributed by atoms with Crippen LogP contribution in [0.15, 0.2) is 54.6 Å². The smallest absolute Gasteiger partial charge is 0.268 e. The molecule has 4 heteroatoms. The maximum Gasteiger partial charge on any atom is 0.268 e. The Balaban J connectivity index is 2.46. The van der Waals surface area contributed by atoms with E-state index in [0.29, 0.717) is 17.5 Å². The van der Waals surface area contributed by atoms with E-state index in [1.807, 2.05) is 43.3 Å². The molecule has 0 bridgehead atoms. The van der Waals surface area contributed by atoms with Gasteiger partial charge in [-0.25, -0.2) is 0 Å². The van der Waals surface area contributed by atoms with E-state index in [-0.39, 0.29) is 5.75 Å². The van der Waals surface area contributed by atoms with Gasteiger partial charge in [-0.1, -0.05) is 30.3 Å². The molecule has 0 heterocycles. The highest BCUT2D eigenvalue weighted by molar-refractivity contribution is 7.80. The molecule has 2 rings (SSSR count). The van der Waals surface area contributed by atoms with Crippen molar-refractivity contribution >= 4 is 28.8 Å². The fourth-order valence-corrected chi connectivity index (χ4v) is 2.08. The molecule has 0 atom stereocenters. The SMILES string of the molecule is CCOC(=S)N(c1ccccc1)c1ccccc1O. The van der Waals surface area contributed by atoms with Crippen LogP contribution >= 0.6 is 12.2 Å². The van der Waals surface area contributed by atoms with Gasteiger partial charge < -0.3 is 9.84 Å². The number of anilines is 2. The summed E-state index contributed by atoms with van der Waals surface area (Å²) < 4.78 is 5.41. The molecule has 0 amide bonds. The van der Waals surface area contributed by atoms with E-state index in [2.05, 4.69) is 0 Å². The standard InChI is InChI=1S/C15H15NO2S/c1-2-18-15(19)16(12-8-4-3-5-9-12)13-10-6-7-11-14(13)17/h3-11,17H,2H2,1H3. The first-order chi connectivity index (χ1) is 9.24. The summed E-state index contributed by atoms with van der Waals surface area (Å²) in [7, 11) is 0. The zero-order chi connectivity index (χ0) is 13.7. The van der Waals surface area contributed by atoms with Gasteiger partial charge >= 0.3 is 0 Å². The van der Waals surface area contributed by atoms with Crippen LogP contribution < -0.4 is 4.90 Å². The molecule has 0 unspecified atom stereocenters. The summed E-state index contributed by atoms with van der Waals surface area (Å²) in [5.74, 6) is 0.161. The predicted molar refractivity (Wildman–Crippen MR) is 80.9 cm³/mol. The molecule has 0 aliphatic rings. The lowest BCUT2D eigenvalue weighted by molar-refractivity contribution is 0.330. The van der Waals surface area contributed by atoms with Crippen LogP contribution in [0, 0.1) is 0 Å². The van der Waals surface area contributed by atoms with Gasteiger partial charge in [-0.2, -0.15) is 0 Å². The van der Waals surface area contributed by atoms with Gasteiger partial charge in [-0.3, -0.25) is 4.90 Å². The van der Waals surface area contributed by atoms with E-state index < -0.39 is 0 Å². The zero-order valence-electron chi connectivity index (χ0n) is 10.6. The lowest BCUT2D eigenvalue weighted by Gasteiger charge is -2.25. The molecule has 2 aromatic carbocycles. The molecule has 0 spiro atoms. The number of benzene rings is 2. The minimum absolute atomic E-state index is 0.161. The van der Waals surface area contributed by atoms with Crippen molar-refractivity contribution in [3.05, 3.63) is 54.6 Å². The molecular formula is C15H15NO2S.